The van der Waals surface area contributed by atoms with Crippen LogP contribution in [-0.2, 0) is 0 Å². The van der Waals surface area contributed by atoms with Gasteiger partial charge < -0.3 is 5.32 Å². The standard InChI is InChI=1S/C16H21NS/c1-5-17-15(16-13(4)9-10-18-16)14-11(2)7-6-8-12(14)3/h6-10,15,17H,5H2,1-4H3. The molecule has 0 amide bonds. The molecule has 1 aromatic carbocycles. The SMILES string of the molecule is CCNC(c1sccc1C)c1c(C)cccc1C. The highest BCUT2D eigenvalue weighted by atomic mass is 32.1. The Balaban J connectivity index is 2.52. The maximum absolute atomic E-state index is 3.63. The van der Waals surface area contributed by atoms with Crippen LogP contribution in [0.3, 0.4) is 0 Å². The third-order valence-corrected chi connectivity index (χ3v) is 4.49. The van der Waals surface area contributed by atoms with Crippen molar-refractivity contribution in [3.63, 3.8) is 0 Å². The fraction of sp³-hybridized carbons (Fsp3) is 0.375. The lowest BCUT2D eigenvalue weighted by Gasteiger charge is -2.22. The molecule has 0 radical (unpaired) electrons. The number of thiophene rings is 1. The lowest BCUT2D eigenvalue weighted by molar-refractivity contribution is 0.631. The summed E-state index contributed by atoms with van der Waals surface area (Å²) < 4.78 is 0. The van der Waals surface area contributed by atoms with Crippen LogP contribution in [0.15, 0.2) is 29.6 Å². The summed E-state index contributed by atoms with van der Waals surface area (Å²) in [6, 6.07) is 9.08. The zero-order valence-electron chi connectivity index (χ0n) is 11.6. The molecule has 18 heavy (non-hydrogen) atoms. The summed E-state index contributed by atoms with van der Waals surface area (Å²) in [5, 5.41) is 5.82. The van der Waals surface area contributed by atoms with Gasteiger partial charge in [0, 0.05) is 4.88 Å². The van der Waals surface area contributed by atoms with Gasteiger partial charge in [0.05, 0.1) is 6.04 Å². The fourth-order valence-electron chi connectivity index (χ4n) is 2.49. The van der Waals surface area contributed by atoms with Crippen molar-refractivity contribution in [2.75, 3.05) is 6.54 Å². The smallest absolute Gasteiger partial charge is 0.0678 e. The van der Waals surface area contributed by atoms with Crippen LogP contribution in [0.4, 0.5) is 0 Å². The van der Waals surface area contributed by atoms with Crippen LogP contribution >= 0.6 is 11.3 Å². The molecule has 2 aromatic rings. The Kier molecular flexibility index (Phi) is 4.20. The summed E-state index contributed by atoms with van der Waals surface area (Å²) in [7, 11) is 0. The molecule has 1 nitrogen and oxygen atoms in total. The van der Waals surface area contributed by atoms with Crippen molar-refractivity contribution in [2.45, 2.75) is 33.7 Å². The van der Waals surface area contributed by atoms with Crippen LogP contribution in [0.1, 0.15) is 40.1 Å². The first-order valence-electron chi connectivity index (χ1n) is 6.48. The van der Waals surface area contributed by atoms with Gasteiger partial charge in [0.25, 0.3) is 0 Å². The van der Waals surface area contributed by atoms with Crippen molar-refractivity contribution in [1.29, 1.82) is 0 Å². The van der Waals surface area contributed by atoms with E-state index >= 15 is 0 Å². The van der Waals surface area contributed by atoms with Gasteiger partial charge in [0.15, 0.2) is 0 Å². The molecule has 0 bridgehead atoms. The van der Waals surface area contributed by atoms with Crippen molar-refractivity contribution in [3.8, 4) is 0 Å². The van der Waals surface area contributed by atoms with E-state index in [1.807, 2.05) is 11.3 Å². The molecule has 2 rings (SSSR count). The molecule has 0 aliphatic rings. The topological polar surface area (TPSA) is 12.0 Å². The zero-order valence-corrected chi connectivity index (χ0v) is 12.4. The molecule has 0 aliphatic heterocycles. The number of aryl methyl sites for hydroxylation is 3. The van der Waals surface area contributed by atoms with Crippen molar-refractivity contribution < 1.29 is 0 Å². The Morgan fingerprint density at radius 2 is 1.72 bits per heavy atom. The summed E-state index contributed by atoms with van der Waals surface area (Å²) in [4.78, 5) is 1.44. The first kappa shape index (κ1) is 13.3. The van der Waals surface area contributed by atoms with Crippen molar-refractivity contribution >= 4 is 11.3 Å². The Labute approximate surface area is 114 Å². The quantitative estimate of drug-likeness (QED) is 0.859. The summed E-state index contributed by atoms with van der Waals surface area (Å²) in [5.41, 5.74) is 5.56. The van der Waals surface area contributed by atoms with E-state index in [1.165, 1.54) is 27.1 Å². The molecule has 0 saturated heterocycles. The molecule has 2 heteroatoms. The Hall–Kier alpha value is -1.12. The van der Waals surface area contributed by atoms with E-state index in [9.17, 15) is 0 Å². The predicted octanol–water partition coefficient (Wildman–Crippen LogP) is 4.37. The van der Waals surface area contributed by atoms with Crippen LogP contribution in [0.5, 0.6) is 0 Å². The average Bonchev–Trinajstić information content (AvgIpc) is 2.74. The van der Waals surface area contributed by atoms with Gasteiger partial charge in [-0.3, -0.25) is 0 Å². The lowest BCUT2D eigenvalue weighted by Crippen LogP contribution is -2.23. The van der Waals surface area contributed by atoms with Crippen LogP contribution in [0.2, 0.25) is 0 Å². The van der Waals surface area contributed by atoms with Gasteiger partial charge in [0.2, 0.25) is 0 Å². The first-order valence-corrected chi connectivity index (χ1v) is 7.36. The lowest BCUT2D eigenvalue weighted by atomic mass is 9.94. The van der Waals surface area contributed by atoms with Gasteiger partial charge in [-0.15, -0.1) is 11.3 Å². The Bertz CT molecular complexity index is 507. The maximum Gasteiger partial charge on any atom is 0.0678 e. The molecule has 1 aromatic heterocycles. The van der Waals surface area contributed by atoms with Crippen LogP contribution < -0.4 is 5.32 Å². The van der Waals surface area contributed by atoms with E-state index in [0.717, 1.165) is 6.54 Å². The number of nitrogens with one attached hydrogen (secondary N) is 1. The molecule has 0 spiro atoms. The highest BCUT2D eigenvalue weighted by molar-refractivity contribution is 7.10. The van der Waals surface area contributed by atoms with Gasteiger partial charge >= 0.3 is 0 Å². The molecular formula is C16H21NS. The zero-order chi connectivity index (χ0) is 13.1. The number of benzene rings is 1. The molecule has 1 atom stereocenters. The van der Waals surface area contributed by atoms with Crippen LogP contribution in [0, 0.1) is 20.8 Å². The third-order valence-electron chi connectivity index (χ3n) is 3.40. The minimum atomic E-state index is 0.330. The van der Waals surface area contributed by atoms with Crippen molar-refractivity contribution in [1.82, 2.24) is 5.32 Å². The molecule has 0 aliphatic carbocycles. The molecule has 0 saturated carbocycles. The van der Waals surface area contributed by atoms with Gasteiger partial charge in [-0.25, -0.2) is 0 Å². The maximum atomic E-state index is 3.63. The van der Waals surface area contributed by atoms with Gasteiger partial charge in [-0.05, 0) is 61.0 Å². The summed E-state index contributed by atoms with van der Waals surface area (Å²) >= 11 is 1.85. The van der Waals surface area contributed by atoms with Crippen molar-refractivity contribution in [2.24, 2.45) is 0 Å². The van der Waals surface area contributed by atoms with Crippen LogP contribution in [-0.4, -0.2) is 6.54 Å². The Morgan fingerprint density at radius 1 is 1.06 bits per heavy atom. The monoisotopic (exact) mass is 259 g/mol. The van der Waals surface area contributed by atoms with E-state index in [2.05, 4.69) is 62.7 Å². The average molecular weight is 259 g/mol. The van der Waals surface area contributed by atoms with Gasteiger partial charge in [-0.2, -0.15) is 0 Å². The van der Waals surface area contributed by atoms with E-state index in [4.69, 9.17) is 0 Å². The minimum absolute atomic E-state index is 0.330. The number of hydrogen-bond acceptors (Lipinski definition) is 2. The molecule has 1 unspecified atom stereocenters. The van der Waals surface area contributed by atoms with E-state index < -0.39 is 0 Å². The largest absolute Gasteiger partial charge is 0.306 e. The fourth-order valence-corrected chi connectivity index (χ4v) is 3.50. The van der Waals surface area contributed by atoms with Crippen LogP contribution in [0.25, 0.3) is 0 Å². The predicted molar refractivity (Wildman–Crippen MR) is 80.5 cm³/mol. The molecule has 1 heterocycles. The molecule has 0 fully saturated rings. The molecule has 1 N–H and O–H groups in total. The highest BCUT2D eigenvalue weighted by Gasteiger charge is 2.19. The molecule has 96 valence electrons. The summed E-state index contributed by atoms with van der Waals surface area (Å²) in [6.45, 7) is 9.76. The normalized spacial score (nSPS) is 12.7. The summed E-state index contributed by atoms with van der Waals surface area (Å²) in [5.74, 6) is 0. The Morgan fingerprint density at radius 3 is 2.22 bits per heavy atom. The van der Waals surface area contributed by atoms with E-state index in [-0.39, 0.29) is 0 Å². The number of hydrogen-bond donors (Lipinski definition) is 1. The number of rotatable bonds is 4. The van der Waals surface area contributed by atoms with Crippen molar-refractivity contribution in [3.05, 3.63) is 56.8 Å². The van der Waals surface area contributed by atoms with E-state index in [0.29, 0.717) is 6.04 Å². The van der Waals surface area contributed by atoms with E-state index in [1.54, 1.807) is 0 Å². The first-order chi connectivity index (χ1) is 8.65. The minimum Gasteiger partial charge on any atom is -0.306 e. The second-order valence-electron chi connectivity index (χ2n) is 4.76. The molecular weight excluding hydrogens is 238 g/mol. The van der Waals surface area contributed by atoms with Gasteiger partial charge in [-0.1, -0.05) is 25.1 Å². The summed E-state index contributed by atoms with van der Waals surface area (Å²) in [6.07, 6.45) is 0. The second kappa shape index (κ2) is 5.68. The van der Waals surface area contributed by atoms with Gasteiger partial charge in [0.1, 0.15) is 0 Å². The second-order valence-corrected chi connectivity index (χ2v) is 5.71. The highest BCUT2D eigenvalue weighted by Crippen LogP contribution is 2.32. The third kappa shape index (κ3) is 2.50.